The summed E-state index contributed by atoms with van der Waals surface area (Å²) in [7, 11) is 3.27. The number of allylic oxidation sites excluding steroid dienone is 3. The Labute approximate surface area is 590 Å². The Bertz CT molecular complexity index is 3590. The summed E-state index contributed by atoms with van der Waals surface area (Å²) < 4.78 is 30.2. The molecule has 6 aliphatic carbocycles. The zero-order valence-electron chi connectivity index (χ0n) is 56.7. The number of rotatable bonds is 10. The molecule has 0 heterocycles. The molecule has 7 aromatic rings. The molecule has 0 unspecified atom stereocenters. The number of fused-ring (bicyclic) bond motifs is 6. The SMILES string of the molecule is CCOP(=O)(Cl)OCC.COc1ccc2c(c1)C(=O)CCC2.COc1cccc2c1CCCC2=O.Cc1ccc2c(c1)C(=O)CCC2.Cc1cccc2c1CCC=C2.Cc1cccc2c1CCC=C2.Nc1ccc(CCCC(=O)O)cc1.Oc1cccc2c1CCC=C2.[Na+].[OH-]. The van der Waals surface area contributed by atoms with E-state index in [0.717, 1.165) is 126 Å². The molecule has 13 rings (SSSR count). The third-order valence-electron chi connectivity index (χ3n) is 16.4. The number of hydrogen-bond acceptors (Lipinski definition) is 12. The van der Waals surface area contributed by atoms with Gasteiger partial charge in [0.25, 0.3) is 0 Å². The van der Waals surface area contributed by atoms with Gasteiger partial charge in [-0.1, -0.05) is 133 Å². The van der Waals surface area contributed by atoms with Crippen molar-refractivity contribution < 1.29 is 87.5 Å². The predicted octanol–water partition coefficient (Wildman–Crippen LogP) is 16.1. The van der Waals surface area contributed by atoms with Crippen molar-refractivity contribution in [2.45, 2.75) is 150 Å². The number of ketones is 3. The molecule has 0 spiro atoms. The van der Waals surface area contributed by atoms with Gasteiger partial charge in [0.05, 0.1) is 27.4 Å². The molecule has 6 aliphatic rings. The number of aromatic hydroxyl groups is 1. The van der Waals surface area contributed by atoms with Gasteiger partial charge in [-0.3, -0.25) is 28.2 Å². The van der Waals surface area contributed by atoms with Crippen LogP contribution in [0.5, 0.6) is 17.2 Å². The van der Waals surface area contributed by atoms with Crippen LogP contribution >= 0.6 is 18.2 Å². The van der Waals surface area contributed by atoms with E-state index in [-0.39, 0.29) is 53.0 Å². The summed E-state index contributed by atoms with van der Waals surface area (Å²) in [6.07, 6.45) is 29.8. The van der Waals surface area contributed by atoms with Crippen molar-refractivity contribution >= 4 is 65.4 Å². The maximum atomic E-state index is 11.5. The van der Waals surface area contributed by atoms with E-state index in [9.17, 15) is 28.8 Å². The van der Waals surface area contributed by atoms with Crippen LogP contribution < -0.4 is 44.8 Å². The largest absolute Gasteiger partial charge is 1.00 e. The van der Waals surface area contributed by atoms with Crippen molar-refractivity contribution in [2.24, 2.45) is 0 Å². The zero-order chi connectivity index (χ0) is 67.1. The Balaban J connectivity index is 0.000000231. The van der Waals surface area contributed by atoms with Gasteiger partial charge in [-0.05, 0) is 223 Å². The van der Waals surface area contributed by atoms with Gasteiger partial charge in [-0.2, -0.15) is 0 Å². The minimum Gasteiger partial charge on any atom is -0.870 e. The molecule has 0 bridgehead atoms. The average Bonchev–Trinajstić information content (AvgIpc) is 0.937. The van der Waals surface area contributed by atoms with Crippen LogP contribution in [0.3, 0.4) is 0 Å². The number of Topliss-reactive ketones (excluding diaryl/α,β-unsaturated/α-hetero) is 3. The molecule has 0 atom stereocenters. The quantitative estimate of drug-likeness (QED) is 0.0660. The number of carboxylic acid groups (broad SMARTS) is 1. The van der Waals surface area contributed by atoms with Gasteiger partial charge in [0.2, 0.25) is 0 Å². The Morgan fingerprint density at radius 2 is 1.02 bits per heavy atom. The smallest absolute Gasteiger partial charge is 0.870 e. The normalized spacial score (nSPS) is 13.7. The maximum Gasteiger partial charge on any atom is 1.00 e. The second-order valence-electron chi connectivity index (χ2n) is 23.2. The van der Waals surface area contributed by atoms with Crippen molar-refractivity contribution in [3.8, 4) is 17.2 Å². The number of aryl methyl sites for hydroxylation is 6. The molecule has 0 aromatic heterocycles. The fourth-order valence-electron chi connectivity index (χ4n) is 11.6. The first-order valence-corrected chi connectivity index (χ1v) is 34.9. The van der Waals surface area contributed by atoms with Gasteiger partial charge >= 0.3 is 42.5 Å². The molecule has 13 nitrogen and oxygen atoms in total. The minimum atomic E-state index is -3.22. The molecule has 0 fully saturated rings. The number of phenols is 1. The summed E-state index contributed by atoms with van der Waals surface area (Å²) in [6, 6.07) is 43.8. The number of hydrogen-bond donors (Lipinski definition) is 3. The fraction of sp³-hybridized carbons (Fsp3) is 0.342. The van der Waals surface area contributed by atoms with E-state index in [1.54, 1.807) is 34.1 Å². The molecule has 16 heteroatoms. The molecule has 7 aromatic carbocycles. The van der Waals surface area contributed by atoms with Crippen LogP contribution in [0.2, 0.25) is 0 Å². The number of nitrogen functional groups attached to an aromatic ring is 1. The van der Waals surface area contributed by atoms with Crippen LogP contribution in [0, 0.1) is 20.8 Å². The monoisotopic (exact) mass is 1340 g/mol. The molecule has 0 saturated heterocycles. The van der Waals surface area contributed by atoms with Gasteiger partial charge in [-0.15, -0.1) is 0 Å². The first-order valence-electron chi connectivity index (χ1n) is 32.5. The second-order valence-corrected chi connectivity index (χ2v) is 25.8. The first-order chi connectivity index (χ1) is 44.8. The molecule has 0 saturated carbocycles. The number of halogens is 1. The van der Waals surface area contributed by atoms with Crippen LogP contribution in [-0.4, -0.2) is 66.4 Å². The van der Waals surface area contributed by atoms with Crippen LogP contribution in [0.25, 0.3) is 18.2 Å². The summed E-state index contributed by atoms with van der Waals surface area (Å²) in [5.41, 5.74) is 25.7. The van der Waals surface area contributed by atoms with Gasteiger partial charge in [0.15, 0.2) is 17.3 Å². The molecule has 95 heavy (non-hydrogen) atoms. The van der Waals surface area contributed by atoms with Crippen LogP contribution in [0.4, 0.5) is 5.69 Å². The van der Waals surface area contributed by atoms with Gasteiger partial charge in [0.1, 0.15) is 17.2 Å². The molecule has 0 aliphatic heterocycles. The van der Waals surface area contributed by atoms with E-state index in [4.69, 9.17) is 31.6 Å². The van der Waals surface area contributed by atoms with Crippen molar-refractivity contribution in [3.05, 3.63) is 241 Å². The number of ether oxygens (including phenoxy) is 2. The minimum absolute atomic E-state index is 0. The summed E-state index contributed by atoms with van der Waals surface area (Å²) >= 11 is 5.25. The average molecular weight is 1340 g/mol. The van der Waals surface area contributed by atoms with E-state index in [1.165, 1.54) is 70.2 Å². The number of carboxylic acids is 1. The van der Waals surface area contributed by atoms with Gasteiger partial charge in [-0.25, -0.2) is 4.57 Å². The van der Waals surface area contributed by atoms with E-state index >= 15 is 0 Å². The summed E-state index contributed by atoms with van der Waals surface area (Å²) in [5, 5.41) is 17.8. The van der Waals surface area contributed by atoms with Crippen LogP contribution in [0.15, 0.2) is 152 Å². The van der Waals surface area contributed by atoms with E-state index in [1.807, 2.05) is 85.8 Å². The molecule has 5 N–H and O–H groups in total. The standard InChI is InChI=1S/2C11H12O2.C11H12O.2C11H12.C10H13NO2.C10H10O.C4H10ClO3P.Na.H2O/c1-13-11-7-3-4-8-9(11)5-2-6-10(8)12;1-13-9-6-5-8-3-2-4-11(12)10(8)7-9;1-8-5-6-9-3-2-4-11(12)10(9)7-8;2*1-9-5-4-7-10-6-2-3-8-11(9)10;11-9-6-4-8(5-7-9)2-1-3-10(12)13;11-10-7-3-5-8-4-1-2-6-9(8)10;1-3-7-9(5,6)8-4-2;;/h3-4,7H,2,5-6H2,1H3;5-7H,2-4H2,1H3;5-7H,2-4H2,1H3;2*2,4-7H,3,8H2,1H3;4-7H,1-3,11H2,(H,12,13);1,3-5,7,11H,2,6H2;3-4H2,1-2H3;;1H2/q;;;;;;;;+1;/p-1. The number of aliphatic carboxylic acids is 1. The molecule has 0 amide bonds. The predicted molar refractivity (Wildman–Crippen MR) is 382 cm³/mol. The number of anilines is 1. The van der Waals surface area contributed by atoms with Crippen molar-refractivity contribution in [2.75, 3.05) is 33.2 Å². The number of methoxy groups -OCH3 is 2. The summed E-state index contributed by atoms with van der Waals surface area (Å²) in [5.74, 6) is 2.14. The van der Waals surface area contributed by atoms with Gasteiger partial charge in [0, 0.05) is 70.4 Å². The Hall–Kier alpha value is -7.16. The first kappa shape index (κ1) is 80.3. The zero-order valence-corrected chi connectivity index (χ0v) is 60.4. The van der Waals surface area contributed by atoms with Crippen molar-refractivity contribution in [1.29, 1.82) is 0 Å². The molecule has 500 valence electrons. The topological polar surface area (TPSA) is 219 Å². The Kier molecular flexibility index (Phi) is 35.8. The summed E-state index contributed by atoms with van der Waals surface area (Å²) in [4.78, 5) is 44.7. The third-order valence-corrected chi connectivity index (χ3v) is 18.1. The number of benzene rings is 7. The number of carbonyl (C=O) groups is 4. The van der Waals surface area contributed by atoms with Gasteiger partial charge < -0.3 is 30.9 Å². The van der Waals surface area contributed by atoms with Crippen LogP contribution in [-0.2, 0) is 63.4 Å². The Morgan fingerprint density at radius 3 is 1.52 bits per heavy atom. The maximum absolute atomic E-state index is 11.5. The molecular formula is C79H94ClNNaO12P. The summed E-state index contributed by atoms with van der Waals surface area (Å²) in [6.45, 7) is 7.21. The number of nitrogens with two attached hydrogens (primary N) is 1. The fourth-order valence-corrected chi connectivity index (χ4v) is 12.8. The van der Waals surface area contributed by atoms with Crippen LogP contribution in [0.1, 0.15) is 188 Å². The van der Waals surface area contributed by atoms with E-state index in [0.29, 0.717) is 44.0 Å². The van der Waals surface area contributed by atoms with E-state index < -0.39 is 12.9 Å². The van der Waals surface area contributed by atoms with Crippen molar-refractivity contribution in [1.82, 2.24) is 0 Å². The molecular weight excluding hydrogens is 1240 g/mol. The van der Waals surface area contributed by atoms with E-state index in [2.05, 4.69) is 108 Å². The molecule has 0 radical (unpaired) electrons. The number of carbonyl (C=O) groups excluding carboxylic acids is 3. The Morgan fingerprint density at radius 1 is 0.547 bits per heavy atom. The number of phenolic OH excluding ortho intramolecular Hbond substituents is 1. The second kappa shape index (κ2) is 42.4. The van der Waals surface area contributed by atoms with Crippen molar-refractivity contribution in [3.63, 3.8) is 0 Å². The third kappa shape index (κ3) is 26.4.